The van der Waals surface area contributed by atoms with Crippen LogP contribution in [0.5, 0.6) is 5.75 Å². The molecule has 0 fully saturated rings. The molecule has 1 aromatic carbocycles. The van der Waals surface area contributed by atoms with Crippen molar-refractivity contribution in [3.8, 4) is 5.75 Å². The van der Waals surface area contributed by atoms with E-state index < -0.39 is 0 Å². The quantitative estimate of drug-likeness (QED) is 0.558. The van der Waals surface area contributed by atoms with Crippen molar-refractivity contribution in [2.24, 2.45) is 0 Å². The summed E-state index contributed by atoms with van der Waals surface area (Å²) in [6.07, 6.45) is 0. The standard InChI is InChI=1S/C14H15Br2NO3/c1-3-20-14(18)12-13(19-2)10-8-9(16)4-5-11(10)17(12)7-6-15/h4-5,8H,3,6-7H2,1-2H3. The van der Waals surface area contributed by atoms with Crippen molar-refractivity contribution >= 4 is 48.7 Å². The highest BCUT2D eigenvalue weighted by Crippen LogP contribution is 2.35. The van der Waals surface area contributed by atoms with Crippen molar-refractivity contribution in [3.05, 3.63) is 28.4 Å². The SMILES string of the molecule is CCOC(=O)c1c(OC)c2cc(Br)ccc2n1CCBr. The molecule has 0 aliphatic rings. The van der Waals surface area contributed by atoms with Gasteiger partial charge in [-0.05, 0) is 25.1 Å². The molecule has 2 aromatic rings. The van der Waals surface area contributed by atoms with Crippen LogP contribution in [0, 0.1) is 0 Å². The van der Waals surface area contributed by atoms with E-state index in [1.807, 2.05) is 22.8 Å². The normalized spacial score (nSPS) is 10.8. The summed E-state index contributed by atoms with van der Waals surface area (Å²) < 4.78 is 13.5. The Bertz CT molecular complexity index is 637. The van der Waals surface area contributed by atoms with Crippen molar-refractivity contribution in [2.45, 2.75) is 13.5 Å². The zero-order valence-electron chi connectivity index (χ0n) is 11.3. The molecule has 4 nitrogen and oxygen atoms in total. The second-order valence-corrected chi connectivity index (χ2v) is 5.81. The Hall–Kier alpha value is -1.01. The highest BCUT2D eigenvalue weighted by Gasteiger charge is 2.24. The van der Waals surface area contributed by atoms with E-state index >= 15 is 0 Å². The number of hydrogen-bond donors (Lipinski definition) is 0. The fourth-order valence-electron chi connectivity index (χ4n) is 2.22. The van der Waals surface area contributed by atoms with Gasteiger partial charge in [0.1, 0.15) is 0 Å². The smallest absolute Gasteiger partial charge is 0.358 e. The summed E-state index contributed by atoms with van der Waals surface area (Å²) in [7, 11) is 1.57. The molecule has 1 heterocycles. The molecular formula is C14H15Br2NO3. The molecular weight excluding hydrogens is 390 g/mol. The van der Waals surface area contributed by atoms with E-state index in [4.69, 9.17) is 9.47 Å². The molecule has 0 N–H and O–H groups in total. The minimum absolute atomic E-state index is 0.335. The average Bonchev–Trinajstić information content (AvgIpc) is 2.72. The van der Waals surface area contributed by atoms with Crippen molar-refractivity contribution in [1.29, 1.82) is 0 Å². The highest BCUT2D eigenvalue weighted by molar-refractivity contribution is 9.10. The molecule has 0 saturated heterocycles. The van der Waals surface area contributed by atoms with Gasteiger partial charge in [0.2, 0.25) is 0 Å². The summed E-state index contributed by atoms with van der Waals surface area (Å²) in [6, 6.07) is 5.86. The number of aromatic nitrogens is 1. The predicted molar refractivity (Wildman–Crippen MR) is 85.9 cm³/mol. The summed E-state index contributed by atoms with van der Waals surface area (Å²) in [5.41, 5.74) is 1.41. The maximum Gasteiger partial charge on any atom is 0.358 e. The second-order valence-electron chi connectivity index (χ2n) is 4.10. The molecule has 0 bridgehead atoms. The Morgan fingerprint density at radius 3 is 2.75 bits per heavy atom. The Kier molecular flexibility index (Phi) is 5.10. The first-order chi connectivity index (χ1) is 9.63. The first kappa shape index (κ1) is 15.4. The number of rotatable bonds is 5. The van der Waals surface area contributed by atoms with Crippen LogP contribution < -0.4 is 4.74 Å². The first-order valence-electron chi connectivity index (χ1n) is 6.22. The van der Waals surface area contributed by atoms with Gasteiger partial charge in [0, 0.05) is 21.7 Å². The van der Waals surface area contributed by atoms with Crippen molar-refractivity contribution < 1.29 is 14.3 Å². The topological polar surface area (TPSA) is 40.5 Å². The number of aryl methyl sites for hydroxylation is 1. The van der Waals surface area contributed by atoms with Gasteiger partial charge < -0.3 is 14.0 Å². The minimum atomic E-state index is -0.363. The Labute approximate surface area is 134 Å². The Balaban J connectivity index is 2.74. The third-order valence-corrected chi connectivity index (χ3v) is 3.81. The third kappa shape index (κ3) is 2.72. The summed E-state index contributed by atoms with van der Waals surface area (Å²) in [4.78, 5) is 12.2. The van der Waals surface area contributed by atoms with Crippen LogP contribution in [0.4, 0.5) is 0 Å². The fraction of sp³-hybridized carbons (Fsp3) is 0.357. The number of alkyl halides is 1. The van der Waals surface area contributed by atoms with Gasteiger partial charge in [0.25, 0.3) is 0 Å². The number of carbonyl (C=O) groups is 1. The van der Waals surface area contributed by atoms with Crippen LogP contribution in [0.1, 0.15) is 17.4 Å². The Morgan fingerprint density at radius 2 is 2.15 bits per heavy atom. The molecule has 0 aliphatic heterocycles. The second kappa shape index (κ2) is 6.63. The van der Waals surface area contributed by atoms with Crippen LogP contribution in [-0.2, 0) is 11.3 Å². The van der Waals surface area contributed by atoms with Gasteiger partial charge in [-0.1, -0.05) is 31.9 Å². The van der Waals surface area contributed by atoms with Crippen LogP contribution in [0.15, 0.2) is 22.7 Å². The molecule has 108 valence electrons. The number of nitrogens with zero attached hydrogens (tertiary/aromatic N) is 1. The molecule has 0 saturated carbocycles. The summed E-state index contributed by atoms with van der Waals surface area (Å²) in [6.45, 7) is 2.79. The van der Waals surface area contributed by atoms with E-state index in [2.05, 4.69) is 31.9 Å². The first-order valence-corrected chi connectivity index (χ1v) is 8.14. The number of halogens is 2. The lowest BCUT2D eigenvalue weighted by Gasteiger charge is -2.09. The number of ether oxygens (including phenoxy) is 2. The molecule has 0 spiro atoms. The molecule has 6 heteroatoms. The van der Waals surface area contributed by atoms with Crippen LogP contribution in [0.25, 0.3) is 10.9 Å². The van der Waals surface area contributed by atoms with Gasteiger partial charge in [0.15, 0.2) is 11.4 Å². The fourth-order valence-corrected chi connectivity index (χ4v) is 2.94. The number of methoxy groups -OCH3 is 1. The van der Waals surface area contributed by atoms with Crippen LogP contribution >= 0.6 is 31.9 Å². The van der Waals surface area contributed by atoms with E-state index in [9.17, 15) is 4.79 Å². The van der Waals surface area contributed by atoms with E-state index in [0.29, 0.717) is 24.6 Å². The van der Waals surface area contributed by atoms with E-state index in [1.54, 1.807) is 14.0 Å². The molecule has 0 radical (unpaired) electrons. The van der Waals surface area contributed by atoms with Gasteiger partial charge in [0.05, 0.1) is 19.2 Å². The largest absolute Gasteiger partial charge is 0.494 e. The van der Waals surface area contributed by atoms with E-state index in [-0.39, 0.29) is 5.97 Å². The molecule has 1 aromatic heterocycles. The summed E-state index contributed by atoms with van der Waals surface area (Å²) in [5, 5.41) is 1.63. The molecule has 0 atom stereocenters. The zero-order valence-corrected chi connectivity index (χ0v) is 14.5. The maximum absolute atomic E-state index is 12.2. The van der Waals surface area contributed by atoms with Crippen molar-refractivity contribution in [1.82, 2.24) is 4.57 Å². The summed E-state index contributed by atoms with van der Waals surface area (Å²) >= 11 is 6.86. The lowest BCUT2D eigenvalue weighted by atomic mass is 10.2. The molecule has 20 heavy (non-hydrogen) atoms. The monoisotopic (exact) mass is 403 g/mol. The number of fused-ring (bicyclic) bond motifs is 1. The van der Waals surface area contributed by atoms with Crippen molar-refractivity contribution in [3.63, 3.8) is 0 Å². The van der Waals surface area contributed by atoms with Gasteiger partial charge in [-0.15, -0.1) is 0 Å². The highest BCUT2D eigenvalue weighted by atomic mass is 79.9. The predicted octanol–water partition coefficient (Wildman–Crippen LogP) is 3.98. The van der Waals surface area contributed by atoms with E-state index in [1.165, 1.54) is 0 Å². The summed E-state index contributed by atoms with van der Waals surface area (Å²) in [5.74, 6) is 0.193. The van der Waals surface area contributed by atoms with Gasteiger partial charge in [-0.3, -0.25) is 0 Å². The minimum Gasteiger partial charge on any atom is -0.494 e. The average molecular weight is 405 g/mol. The van der Waals surface area contributed by atoms with Crippen LogP contribution in [0.2, 0.25) is 0 Å². The van der Waals surface area contributed by atoms with Gasteiger partial charge >= 0.3 is 5.97 Å². The van der Waals surface area contributed by atoms with Gasteiger partial charge in [-0.25, -0.2) is 4.79 Å². The third-order valence-electron chi connectivity index (χ3n) is 2.96. The number of carbonyl (C=O) groups excluding carboxylic acids is 1. The Morgan fingerprint density at radius 1 is 1.40 bits per heavy atom. The number of benzene rings is 1. The number of hydrogen-bond acceptors (Lipinski definition) is 3. The van der Waals surface area contributed by atoms with Gasteiger partial charge in [-0.2, -0.15) is 0 Å². The van der Waals surface area contributed by atoms with E-state index in [0.717, 1.165) is 20.7 Å². The lowest BCUT2D eigenvalue weighted by molar-refractivity contribution is 0.0511. The molecule has 0 amide bonds. The molecule has 0 aliphatic carbocycles. The van der Waals surface area contributed by atoms with Crippen LogP contribution in [-0.4, -0.2) is 29.6 Å². The number of esters is 1. The molecule has 0 unspecified atom stereocenters. The maximum atomic E-state index is 12.2. The zero-order chi connectivity index (χ0) is 14.7. The molecule has 2 rings (SSSR count). The lowest BCUT2D eigenvalue weighted by Crippen LogP contribution is -2.14. The van der Waals surface area contributed by atoms with Crippen LogP contribution in [0.3, 0.4) is 0 Å². The van der Waals surface area contributed by atoms with Crippen molar-refractivity contribution in [2.75, 3.05) is 19.0 Å².